The quantitative estimate of drug-likeness (QED) is 0.695. The molecule has 0 atom stereocenters. The van der Waals surface area contributed by atoms with Gasteiger partial charge < -0.3 is 9.47 Å². The number of amides is 1. The summed E-state index contributed by atoms with van der Waals surface area (Å²) < 4.78 is 2.17. The molecule has 0 radical (unpaired) electrons. The molecule has 3 nitrogen and oxygen atoms in total. The molecular weight excluding hydrogens is 296 g/mol. The summed E-state index contributed by atoms with van der Waals surface area (Å²) in [7, 11) is 2.06. The van der Waals surface area contributed by atoms with Crippen LogP contribution in [-0.2, 0) is 24.8 Å². The highest BCUT2D eigenvalue weighted by atomic mass is 16.2. The van der Waals surface area contributed by atoms with Gasteiger partial charge in [0.1, 0.15) is 0 Å². The summed E-state index contributed by atoms with van der Waals surface area (Å²) in [6.07, 6.45) is 0.452. The average Bonchev–Trinajstić information content (AvgIpc) is 2.86. The number of likely N-dealkylation sites (N-methyl/N-ethyl adjacent to an activating group) is 1. The van der Waals surface area contributed by atoms with Gasteiger partial charge in [0.2, 0.25) is 5.91 Å². The first-order valence-electron chi connectivity index (χ1n) is 8.46. The fourth-order valence-corrected chi connectivity index (χ4v) is 3.27. The highest BCUT2D eigenvalue weighted by Crippen LogP contribution is 2.25. The van der Waals surface area contributed by atoms with E-state index >= 15 is 0 Å². The second-order valence-corrected chi connectivity index (χ2v) is 6.21. The number of fused-ring (bicyclic) bond motifs is 1. The zero-order valence-electron chi connectivity index (χ0n) is 14.6. The minimum Gasteiger partial charge on any atom is -0.348 e. The van der Waals surface area contributed by atoms with Crippen molar-refractivity contribution in [2.45, 2.75) is 26.8 Å². The van der Waals surface area contributed by atoms with Crippen LogP contribution in [0.1, 0.15) is 23.7 Å². The number of hydrogen-bond donors (Lipinski definition) is 0. The van der Waals surface area contributed by atoms with Gasteiger partial charge in [0.15, 0.2) is 0 Å². The predicted octanol–water partition coefficient (Wildman–Crippen LogP) is 4.08. The lowest BCUT2D eigenvalue weighted by Crippen LogP contribution is -2.31. The third-order valence-corrected chi connectivity index (χ3v) is 4.81. The van der Waals surface area contributed by atoms with E-state index in [1.54, 1.807) is 0 Å². The Hall–Kier alpha value is -2.55. The molecule has 0 saturated heterocycles. The molecule has 3 aromatic rings. The molecule has 0 aliphatic heterocycles. The molecule has 0 N–H and O–H groups in total. The Morgan fingerprint density at radius 1 is 1.04 bits per heavy atom. The molecule has 2 aromatic carbocycles. The van der Waals surface area contributed by atoms with Crippen LogP contribution in [0.25, 0.3) is 10.9 Å². The highest BCUT2D eigenvalue weighted by molar-refractivity contribution is 5.90. The number of carbonyl (C=O) groups is 1. The van der Waals surface area contributed by atoms with E-state index in [2.05, 4.69) is 42.8 Å². The van der Waals surface area contributed by atoms with E-state index in [1.807, 2.05) is 42.2 Å². The number of hydrogen-bond acceptors (Lipinski definition) is 1. The number of carbonyl (C=O) groups excluding carboxylic acids is 1. The molecule has 0 bridgehead atoms. The summed E-state index contributed by atoms with van der Waals surface area (Å²) in [6.45, 7) is 5.52. The van der Waals surface area contributed by atoms with E-state index in [0.29, 0.717) is 13.0 Å². The van der Waals surface area contributed by atoms with Gasteiger partial charge in [0.05, 0.1) is 6.42 Å². The second-order valence-electron chi connectivity index (χ2n) is 6.21. The van der Waals surface area contributed by atoms with Crippen molar-refractivity contribution in [3.05, 3.63) is 71.4 Å². The number of nitrogens with zero attached hydrogens (tertiary/aromatic N) is 2. The van der Waals surface area contributed by atoms with Gasteiger partial charge in [-0.3, -0.25) is 4.79 Å². The molecule has 1 aromatic heterocycles. The Balaban J connectivity index is 1.85. The molecule has 3 heteroatoms. The Kier molecular flexibility index (Phi) is 4.70. The number of aromatic nitrogens is 1. The lowest BCUT2D eigenvalue weighted by molar-refractivity contribution is -0.130. The lowest BCUT2D eigenvalue weighted by atomic mass is 10.1. The van der Waals surface area contributed by atoms with Crippen LogP contribution in [0.15, 0.2) is 54.6 Å². The Bertz CT molecular complexity index is 849. The van der Waals surface area contributed by atoms with E-state index in [0.717, 1.165) is 12.1 Å². The summed E-state index contributed by atoms with van der Waals surface area (Å²) in [5.74, 6) is 0.181. The SMILES string of the molecule is CCN(Cc1ccccc1)C(=O)Cc1c(C)n(C)c2ccccc12. The molecule has 0 unspecified atom stereocenters. The van der Waals surface area contributed by atoms with E-state index in [4.69, 9.17) is 0 Å². The van der Waals surface area contributed by atoms with Crippen molar-refractivity contribution in [1.82, 2.24) is 9.47 Å². The molecule has 0 aliphatic rings. The average molecular weight is 320 g/mol. The van der Waals surface area contributed by atoms with Gasteiger partial charge in [-0.1, -0.05) is 48.5 Å². The van der Waals surface area contributed by atoms with E-state index in [-0.39, 0.29) is 5.91 Å². The van der Waals surface area contributed by atoms with Crippen LogP contribution in [0.3, 0.4) is 0 Å². The summed E-state index contributed by atoms with van der Waals surface area (Å²) in [5.41, 5.74) is 4.66. The molecule has 24 heavy (non-hydrogen) atoms. The van der Waals surface area contributed by atoms with Crippen LogP contribution in [0.2, 0.25) is 0 Å². The molecular formula is C21H24N2O. The van der Waals surface area contributed by atoms with Gasteiger partial charge >= 0.3 is 0 Å². The van der Waals surface area contributed by atoms with Crippen molar-refractivity contribution in [2.24, 2.45) is 7.05 Å². The van der Waals surface area contributed by atoms with Crippen LogP contribution in [-0.4, -0.2) is 21.9 Å². The predicted molar refractivity (Wildman–Crippen MR) is 98.9 cm³/mol. The van der Waals surface area contributed by atoms with Crippen molar-refractivity contribution in [2.75, 3.05) is 6.54 Å². The maximum Gasteiger partial charge on any atom is 0.227 e. The number of rotatable bonds is 5. The van der Waals surface area contributed by atoms with Gasteiger partial charge in [-0.05, 0) is 31.0 Å². The summed E-state index contributed by atoms with van der Waals surface area (Å²) >= 11 is 0. The van der Waals surface area contributed by atoms with Crippen LogP contribution >= 0.6 is 0 Å². The summed E-state index contributed by atoms with van der Waals surface area (Å²) in [5, 5.41) is 1.18. The van der Waals surface area contributed by atoms with Crippen LogP contribution in [0.4, 0.5) is 0 Å². The molecule has 0 fully saturated rings. The third-order valence-electron chi connectivity index (χ3n) is 4.81. The van der Waals surface area contributed by atoms with Crippen molar-refractivity contribution in [1.29, 1.82) is 0 Å². The summed E-state index contributed by atoms with van der Waals surface area (Å²) in [6, 6.07) is 18.5. The number of para-hydroxylation sites is 1. The molecule has 1 heterocycles. The van der Waals surface area contributed by atoms with Crippen molar-refractivity contribution < 1.29 is 4.79 Å². The Morgan fingerprint density at radius 3 is 2.42 bits per heavy atom. The molecule has 124 valence electrons. The second kappa shape index (κ2) is 6.91. The van der Waals surface area contributed by atoms with Gasteiger partial charge in [0, 0.05) is 36.7 Å². The maximum atomic E-state index is 12.9. The number of benzene rings is 2. The van der Waals surface area contributed by atoms with Crippen LogP contribution in [0.5, 0.6) is 0 Å². The standard InChI is InChI=1S/C21H24N2O/c1-4-23(15-17-10-6-5-7-11-17)21(24)14-19-16(2)22(3)20-13-9-8-12-18(19)20/h5-13H,4,14-15H2,1-3H3. The van der Waals surface area contributed by atoms with E-state index in [1.165, 1.54) is 22.2 Å². The van der Waals surface area contributed by atoms with Crippen molar-refractivity contribution >= 4 is 16.8 Å². The summed E-state index contributed by atoms with van der Waals surface area (Å²) in [4.78, 5) is 14.8. The zero-order valence-corrected chi connectivity index (χ0v) is 14.6. The molecule has 0 aliphatic carbocycles. The first-order chi connectivity index (χ1) is 11.6. The molecule has 0 saturated carbocycles. The first kappa shape index (κ1) is 16.3. The van der Waals surface area contributed by atoms with Gasteiger partial charge in [0.25, 0.3) is 0 Å². The Labute approximate surface area is 143 Å². The third kappa shape index (κ3) is 3.07. The topological polar surface area (TPSA) is 25.2 Å². The van der Waals surface area contributed by atoms with Crippen molar-refractivity contribution in [3.8, 4) is 0 Å². The van der Waals surface area contributed by atoms with Crippen LogP contribution < -0.4 is 0 Å². The fourth-order valence-electron chi connectivity index (χ4n) is 3.27. The maximum absolute atomic E-state index is 12.9. The van der Waals surface area contributed by atoms with Gasteiger partial charge in [-0.2, -0.15) is 0 Å². The minimum atomic E-state index is 0.181. The Morgan fingerprint density at radius 2 is 1.71 bits per heavy atom. The van der Waals surface area contributed by atoms with Gasteiger partial charge in [-0.15, -0.1) is 0 Å². The lowest BCUT2D eigenvalue weighted by Gasteiger charge is -2.21. The van der Waals surface area contributed by atoms with E-state index in [9.17, 15) is 4.79 Å². The van der Waals surface area contributed by atoms with Crippen molar-refractivity contribution in [3.63, 3.8) is 0 Å². The molecule has 1 amide bonds. The highest BCUT2D eigenvalue weighted by Gasteiger charge is 2.18. The number of aryl methyl sites for hydroxylation is 1. The minimum absolute atomic E-state index is 0.181. The molecule has 0 spiro atoms. The normalized spacial score (nSPS) is 11.0. The van der Waals surface area contributed by atoms with Gasteiger partial charge in [-0.25, -0.2) is 0 Å². The van der Waals surface area contributed by atoms with Crippen LogP contribution in [0, 0.1) is 6.92 Å². The molecule has 3 rings (SSSR count). The fraction of sp³-hybridized carbons (Fsp3) is 0.286. The monoisotopic (exact) mass is 320 g/mol. The van der Waals surface area contributed by atoms with E-state index < -0.39 is 0 Å². The smallest absolute Gasteiger partial charge is 0.227 e. The largest absolute Gasteiger partial charge is 0.348 e. The zero-order chi connectivity index (χ0) is 17.1. The first-order valence-corrected chi connectivity index (χ1v) is 8.46.